The maximum atomic E-state index is 13.9. The highest BCUT2D eigenvalue weighted by Crippen LogP contribution is 2.40. The summed E-state index contributed by atoms with van der Waals surface area (Å²) in [4.78, 5) is 11.2. The Kier molecular flexibility index (Phi) is 4.21. The first-order chi connectivity index (χ1) is 10.6. The minimum absolute atomic E-state index is 0. The van der Waals surface area contributed by atoms with E-state index in [1.807, 2.05) is 6.92 Å². The zero-order chi connectivity index (χ0) is 15.3. The van der Waals surface area contributed by atoms with E-state index in [1.54, 1.807) is 11.3 Å². The van der Waals surface area contributed by atoms with Crippen LogP contribution in [0.3, 0.4) is 0 Å². The predicted octanol–water partition coefficient (Wildman–Crippen LogP) is 4.93. The number of rotatable bonds is 2. The Morgan fingerprint density at radius 1 is 1.17 bits per heavy atom. The van der Waals surface area contributed by atoms with Crippen LogP contribution in [0.15, 0.2) is 18.2 Å². The van der Waals surface area contributed by atoms with Gasteiger partial charge in [-0.15, -0.1) is 23.7 Å². The normalized spacial score (nSPS) is 13.0. The fourth-order valence-corrected chi connectivity index (χ4v) is 4.22. The average molecular weight is 354 g/mol. The van der Waals surface area contributed by atoms with Crippen molar-refractivity contribution in [1.29, 1.82) is 0 Å². The summed E-state index contributed by atoms with van der Waals surface area (Å²) < 4.78 is 26.9. The number of hydrogen-bond acceptors (Lipinski definition) is 4. The predicted molar refractivity (Wildman–Crippen MR) is 91.1 cm³/mol. The monoisotopic (exact) mass is 353 g/mol. The van der Waals surface area contributed by atoms with E-state index < -0.39 is 11.6 Å². The number of nitrogens with zero attached hydrogens (tertiary/aromatic N) is 2. The molecule has 0 aliphatic heterocycles. The first-order valence-corrected chi connectivity index (χ1v) is 7.94. The van der Waals surface area contributed by atoms with Crippen molar-refractivity contribution >= 4 is 45.5 Å². The molecule has 1 aliphatic carbocycles. The van der Waals surface area contributed by atoms with Crippen LogP contribution < -0.4 is 5.32 Å². The highest BCUT2D eigenvalue weighted by molar-refractivity contribution is 7.19. The largest absolute Gasteiger partial charge is 0.337 e. The Labute approximate surface area is 142 Å². The fraction of sp³-hybridized carbons (Fsp3) is 0.250. The number of aromatic nitrogens is 2. The Balaban J connectivity index is 0.00000156. The SMILES string of the molecule is Cc1nc(Nc2ccc(F)cc2F)c2c3c(sc2n1)CCC3.Cl. The molecule has 0 bridgehead atoms. The van der Waals surface area contributed by atoms with Gasteiger partial charge in [-0.3, -0.25) is 0 Å². The highest BCUT2D eigenvalue weighted by Gasteiger charge is 2.22. The third-order valence-corrected chi connectivity index (χ3v) is 5.05. The fourth-order valence-electron chi connectivity index (χ4n) is 2.91. The highest BCUT2D eigenvalue weighted by atomic mass is 35.5. The minimum atomic E-state index is -0.628. The molecule has 0 fully saturated rings. The van der Waals surface area contributed by atoms with Crippen molar-refractivity contribution in [2.45, 2.75) is 26.2 Å². The molecule has 0 saturated heterocycles. The summed E-state index contributed by atoms with van der Waals surface area (Å²) in [6, 6.07) is 3.49. The maximum Gasteiger partial charge on any atom is 0.149 e. The van der Waals surface area contributed by atoms with Crippen molar-refractivity contribution < 1.29 is 8.78 Å². The number of aryl methyl sites for hydroxylation is 3. The third kappa shape index (κ3) is 2.77. The van der Waals surface area contributed by atoms with Crippen LogP contribution >= 0.6 is 23.7 Å². The number of hydrogen-bond donors (Lipinski definition) is 1. The molecule has 3 aromatic rings. The van der Waals surface area contributed by atoms with Crippen LogP contribution in [0, 0.1) is 18.6 Å². The average Bonchev–Trinajstić information content (AvgIpc) is 3.01. The molecule has 0 atom stereocenters. The molecule has 0 radical (unpaired) electrons. The lowest BCUT2D eigenvalue weighted by atomic mass is 10.2. The van der Waals surface area contributed by atoms with Crippen LogP contribution in [0.2, 0.25) is 0 Å². The van der Waals surface area contributed by atoms with Gasteiger partial charge < -0.3 is 5.32 Å². The van der Waals surface area contributed by atoms with E-state index in [9.17, 15) is 8.78 Å². The summed E-state index contributed by atoms with van der Waals surface area (Å²) in [7, 11) is 0. The topological polar surface area (TPSA) is 37.8 Å². The Bertz CT molecular complexity index is 895. The van der Waals surface area contributed by atoms with Crippen LogP contribution in [0.1, 0.15) is 22.7 Å². The molecule has 7 heteroatoms. The van der Waals surface area contributed by atoms with Gasteiger partial charge in [0, 0.05) is 10.9 Å². The molecule has 0 spiro atoms. The number of fused-ring (bicyclic) bond motifs is 3. The molecule has 0 amide bonds. The molecule has 120 valence electrons. The van der Waals surface area contributed by atoms with Gasteiger partial charge in [0.2, 0.25) is 0 Å². The first-order valence-electron chi connectivity index (χ1n) is 7.13. The third-order valence-electron chi connectivity index (χ3n) is 3.86. The molecule has 0 saturated carbocycles. The summed E-state index contributed by atoms with van der Waals surface area (Å²) >= 11 is 1.69. The summed E-state index contributed by atoms with van der Waals surface area (Å²) in [5, 5.41) is 3.99. The van der Waals surface area contributed by atoms with E-state index in [0.717, 1.165) is 35.5 Å². The van der Waals surface area contributed by atoms with Crippen molar-refractivity contribution in [3.63, 3.8) is 0 Å². The molecule has 23 heavy (non-hydrogen) atoms. The standard InChI is InChI=1S/C16H13F2N3S.ClH/c1-8-19-15(21-12-6-5-9(17)7-11(12)18)14-10-3-2-4-13(10)22-16(14)20-8;/h5-7H,2-4H2,1H3,(H,19,20,21);1H. The summed E-state index contributed by atoms with van der Waals surface area (Å²) in [5.41, 5.74) is 1.49. The second-order valence-electron chi connectivity index (χ2n) is 5.41. The summed E-state index contributed by atoms with van der Waals surface area (Å²) in [5.74, 6) is 0.0182. The van der Waals surface area contributed by atoms with E-state index in [1.165, 1.54) is 22.6 Å². The summed E-state index contributed by atoms with van der Waals surface area (Å²) in [6.07, 6.45) is 3.21. The lowest BCUT2D eigenvalue weighted by Crippen LogP contribution is -2.00. The van der Waals surface area contributed by atoms with Crippen LogP contribution in [0.4, 0.5) is 20.3 Å². The molecule has 1 aromatic carbocycles. The Hall–Kier alpha value is -1.79. The molecule has 1 N–H and O–H groups in total. The number of halogens is 3. The quantitative estimate of drug-likeness (QED) is 0.709. The van der Waals surface area contributed by atoms with Crippen molar-refractivity contribution in [3.8, 4) is 0 Å². The van der Waals surface area contributed by atoms with E-state index in [0.29, 0.717) is 11.6 Å². The van der Waals surface area contributed by atoms with Crippen LogP contribution in [-0.2, 0) is 12.8 Å². The van der Waals surface area contributed by atoms with Gasteiger partial charge in [0.1, 0.15) is 28.1 Å². The van der Waals surface area contributed by atoms with Crippen LogP contribution in [0.5, 0.6) is 0 Å². The number of nitrogens with one attached hydrogen (secondary N) is 1. The molecule has 3 nitrogen and oxygen atoms in total. The molecule has 0 unspecified atom stereocenters. The van der Waals surface area contributed by atoms with Gasteiger partial charge in [-0.25, -0.2) is 18.7 Å². The first kappa shape index (κ1) is 16.1. The molecule has 1 aliphatic rings. The van der Waals surface area contributed by atoms with Gasteiger partial charge in [0.15, 0.2) is 0 Å². The van der Waals surface area contributed by atoms with Crippen LogP contribution in [-0.4, -0.2) is 9.97 Å². The number of benzene rings is 1. The van der Waals surface area contributed by atoms with Crippen molar-refractivity contribution in [1.82, 2.24) is 9.97 Å². The maximum absolute atomic E-state index is 13.9. The van der Waals surface area contributed by atoms with E-state index >= 15 is 0 Å². The Morgan fingerprint density at radius 2 is 2.00 bits per heavy atom. The van der Waals surface area contributed by atoms with Gasteiger partial charge >= 0.3 is 0 Å². The molecular formula is C16H14ClF2N3S. The second kappa shape index (κ2) is 6.02. The van der Waals surface area contributed by atoms with E-state index in [4.69, 9.17) is 0 Å². The van der Waals surface area contributed by atoms with E-state index in [2.05, 4.69) is 15.3 Å². The zero-order valence-electron chi connectivity index (χ0n) is 12.3. The number of anilines is 2. The molecule has 4 rings (SSSR count). The molecular weight excluding hydrogens is 340 g/mol. The van der Waals surface area contributed by atoms with Gasteiger partial charge in [0.25, 0.3) is 0 Å². The van der Waals surface area contributed by atoms with Gasteiger partial charge in [-0.05, 0) is 43.9 Å². The lowest BCUT2D eigenvalue weighted by Gasteiger charge is -2.10. The molecule has 2 heterocycles. The van der Waals surface area contributed by atoms with E-state index in [-0.39, 0.29) is 18.1 Å². The van der Waals surface area contributed by atoms with Gasteiger partial charge in [0.05, 0.1) is 11.1 Å². The van der Waals surface area contributed by atoms with Gasteiger partial charge in [-0.1, -0.05) is 0 Å². The van der Waals surface area contributed by atoms with Gasteiger partial charge in [-0.2, -0.15) is 0 Å². The number of thiophene rings is 1. The Morgan fingerprint density at radius 3 is 2.78 bits per heavy atom. The van der Waals surface area contributed by atoms with Crippen molar-refractivity contribution in [2.75, 3.05) is 5.32 Å². The minimum Gasteiger partial charge on any atom is -0.337 e. The smallest absolute Gasteiger partial charge is 0.149 e. The zero-order valence-corrected chi connectivity index (χ0v) is 14.0. The molecule has 2 aromatic heterocycles. The van der Waals surface area contributed by atoms with Crippen molar-refractivity contribution in [2.24, 2.45) is 0 Å². The van der Waals surface area contributed by atoms with Crippen LogP contribution in [0.25, 0.3) is 10.2 Å². The van der Waals surface area contributed by atoms with Crippen molar-refractivity contribution in [3.05, 3.63) is 46.1 Å². The summed E-state index contributed by atoms with van der Waals surface area (Å²) in [6.45, 7) is 1.82. The second-order valence-corrected chi connectivity index (χ2v) is 6.49. The lowest BCUT2D eigenvalue weighted by molar-refractivity contribution is 0.586.